The largest absolute Gasteiger partial charge is 0.497 e. The summed E-state index contributed by atoms with van der Waals surface area (Å²) in [5, 5.41) is 5.24. The van der Waals surface area contributed by atoms with Crippen LogP contribution in [0.1, 0.15) is 52.8 Å². The average molecular weight is 437 g/mol. The number of esters is 1. The van der Waals surface area contributed by atoms with Crippen molar-refractivity contribution in [2.24, 2.45) is 0 Å². The number of rotatable bonds is 6. The zero-order valence-corrected chi connectivity index (χ0v) is 18.1. The van der Waals surface area contributed by atoms with Gasteiger partial charge in [0.15, 0.2) is 0 Å². The molecule has 3 aromatic rings. The van der Waals surface area contributed by atoms with Crippen molar-refractivity contribution in [1.82, 2.24) is 4.98 Å². The van der Waals surface area contributed by atoms with Crippen LogP contribution in [0.3, 0.4) is 0 Å². The van der Waals surface area contributed by atoms with Crippen LogP contribution in [-0.2, 0) is 4.74 Å². The van der Waals surface area contributed by atoms with E-state index in [9.17, 15) is 9.59 Å². The van der Waals surface area contributed by atoms with Gasteiger partial charge in [0.1, 0.15) is 22.4 Å². The number of nitrogens with one attached hydrogen (secondary N) is 1. The van der Waals surface area contributed by atoms with Gasteiger partial charge in [0, 0.05) is 28.9 Å². The Morgan fingerprint density at radius 2 is 1.87 bits per heavy atom. The van der Waals surface area contributed by atoms with E-state index in [1.807, 2.05) is 17.5 Å². The van der Waals surface area contributed by atoms with Crippen LogP contribution in [-0.4, -0.2) is 30.1 Å². The lowest BCUT2D eigenvalue weighted by atomic mass is 9.97. The fourth-order valence-electron chi connectivity index (χ4n) is 3.73. The summed E-state index contributed by atoms with van der Waals surface area (Å²) in [6.07, 6.45) is 8.36. The maximum Gasteiger partial charge on any atom is 0.342 e. The zero-order chi connectivity index (χ0) is 21.6. The van der Waals surface area contributed by atoms with Crippen LogP contribution in [0.4, 0.5) is 5.00 Å². The number of hydrogen-bond donors (Lipinski definition) is 1. The molecule has 31 heavy (non-hydrogen) atoms. The Kier molecular flexibility index (Phi) is 6.62. The number of anilines is 1. The molecular weight excluding hydrogens is 412 g/mol. The molecule has 0 saturated heterocycles. The van der Waals surface area contributed by atoms with E-state index in [2.05, 4.69) is 10.3 Å². The van der Waals surface area contributed by atoms with Crippen LogP contribution in [0.15, 0.2) is 54.2 Å². The highest BCUT2D eigenvalue weighted by Gasteiger charge is 2.26. The first kappa shape index (κ1) is 21.1. The molecule has 0 aliphatic heterocycles. The van der Waals surface area contributed by atoms with E-state index in [0.29, 0.717) is 21.9 Å². The molecule has 0 atom stereocenters. The minimum atomic E-state index is -0.402. The van der Waals surface area contributed by atoms with Crippen LogP contribution in [0, 0.1) is 0 Å². The van der Waals surface area contributed by atoms with Crippen molar-refractivity contribution in [3.05, 3.63) is 65.3 Å². The Hall–Kier alpha value is -3.19. The third-order valence-corrected chi connectivity index (χ3v) is 6.27. The Balaban J connectivity index is 1.64. The lowest BCUT2D eigenvalue weighted by Crippen LogP contribution is -2.22. The third kappa shape index (κ3) is 4.94. The molecule has 4 rings (SSSR count). The van der Waals surface area contributed by atoms with Gasteiger partial charge in [-0.15, -0.1) is 11.3 Å². The fourth-order valence-corrected chi connectivity index (χ4v) is 4.68. The predicted octanol–water partition coefficient (Wildman–Crippen LogP) is 5.56. The second kappa shape index (κ2) is 9.75. The summed E-state index contributed by atoms with van der Waals surface area (Å²) in [5.41, 5.74) is 2.42. The molecule has 0 spiro atoms. The lowest BCUT2D eigenvalue weighted by Gasteiger charge is -2.22. The first-order chi connectivity index (χ1) is 15.2. The number of amides is 1. The van der Waals surface area contributed by atoms with Crippen molar-refractivity contribution < 1.29 is 19.1 Å². The number of nitrogens with zero attached hydrogens (tertiary/aromatic N) is 1. The van der Waals surface area contributed by atoms with E-state index in [4.69, 9.17) is 9.47 Å². The molecule has 1 amide bonds. The standard InChI is InChI=1S/C24H24N2O4S/c1-29-19-9-5-6-17(14-19)22(27)26-23-21(24(28)30-18-7-3-2-4-8-18)20(15-31-23)16-10-12-25-13-11-16/h5-6,9-15,18H,2-4,7-8H2,1H3,(H,26,27). The molecule has 2 aromatic heterocycles. The lowest BCUT2D eigenvalue weighted by molar-refractivity contribution is 0.0214. The highest BCUT2D eigenvalue weighted by atomic mass is 32.1. The Morgan fingerprint density at radius 3 is 2.61 bits per heavy atom. The SMILES string of the molecule is COc1cccc(C(=O)Nc2scc(-c3ccncc3)c2C(=O)OC2CCCCC2)c1. The number of thiophene rings is 1. The average Bonchev–Trinajstić information content (AvgIpc) is 3.24. The van der Waals surface area contributed by atoms with E-state index in [0.717, 1.165) is 36.8 Å². The number of benzene rings is 1. The predicted molar refractivity (Wildman–Crippen MR) is 121 cm³/mol. The van der Waals surface area contributed by atoms with E-state index in [1.165, 1.54) is 17.8 Å². The van der Waals surface area contributed by atoms with Crippen molar-refractivity contribution in [3.8, 4) is 16.9 Å². The fraction of sp³-hybridized carbons (Fsp3) is 0.292. The molecule has 160 valence electrons. The quantitative estimate of drug-likeness (QED) is 0.512. The second-order valence-electron chi connectivity index (χ2n) is 7.44. The van der Waals surface area contributed by atoms with E-state index < -0.39 is 5.97 Å². The van der Waals surface area contributed by atoms with Gasteiger partial charge in [0.05, 0.1) is 7.11 Å². The molecule has 2 heterocycles. The molecule has 1 fully saturated rings. The minimum absolute atomic E-state index is 0.0756. The van der Waals surface area contributed by atoms with Crippen LogP contribution in [0.25, 0.3) is 11.1 Å². The number of ether oxygens (including phenoxy) is 2. The summed E-state index contributed by atoms with van der Waals surface area (Å²) in [5.74, 6) is -0.122. The van der Waals surface area contributed by atoms with Gasteiger partial charge >= 0.3 is 5.97 Å². The maximum absolute atomic E-state index is 13.2. The number of carbonyl (C=O) groups excluding carboxylic acids is 2. The van der Waals surface area contributed by atoms with Gasteiger partial charge in [0.25, 0.3) is 5.91 Å². The van der Waals surface area contributed by atoms with Crippen molar-refractivity contribution >= 4 is 28.2 Å². The topological polar surface area (TPSA) is 77.5 Å². The summed E-state index contributed by atoms with van der Waals surface area (Å²) in [4.78, 5) is 30.1. The number of hydrogen-bond acceptors (Lipinski definition) is 6. The zero-order valence-electron chi connectivity index (χ0n) is 17.3. The van der Waals surface area contributed by atoms with E-state index >= 15 is 0 Å². The van der Waals surface area contributed by atoms with Crippen molar-refractivity contribution in [2.75, 3.05) is 12.4 Å². The molecule has 0 radical (unpaired) electrons. The molecule has 1 N–H and O–H groups in total. The number of aromatic nitrogens is 1. The minimum Gasteiger partial charge on any atom is -0.497 e. The molecule has 7 heteroatoms. The van der Waals surface area contributed by atoms with Crippen LogP contribution in [0.5, 0.6) is 5.75 Å². The van der Waals surface area contributed by atoms with Crippen LogP contribution < -0.4 is 10.1 Å². The molecule has 0 unspecified atom stereocenters. The Morgan fingerprint density at radius 1 is 1.10 bits per heavy atom. The monoisotopic (exact) mass is 436 g/mol. The van der Waals surface area contributed by atoms with Gasteiger partial charge in [-0.2, -0.15) is 0 Å². The number of pyridine rings is 1. The van der Waals surface area contributed by atoms with Gasteiger partial charge < -0.3 is 14.8 Å². The van der Waals surface area contributed by atoms with Gasteiger partial charge in [-0.1, -0.05) is 12.5 Å². The van der Waals surface area contributed by atoms with Gasteiger partial charge in [0.2, 0.25) is 0 Å². The highest BCUT2D eigenvalue weighted by molar-refractivity contribution is 7.15. The normalized spacial score (nSPS) is 14.1. The summed E-state index contributed by atoms with van der Waals surface area (Å²) >= 11 is 1.31. The number of methoxy groups -OCH3 is 1. The first-order valence-corrected chi connectivity index (χ1v) is 11.2. The summed E-state index contributed by atoms with van der Waals surface area (Å²) in [6.45, 7) is 0. The van der Waals surface area contributed by atoms with E-state index in [-0.39, 0.29) is 12.0 Å². The highest BCUT2D eigenvalue weighted by Crippen LogP contribution is 2.37. The molecular formula is C24H24N2O4S. The smallest absolute Gasteiger partial charge is 0.342 e. The molecule has 1 aliphatic rings. The van der Waals surface area contributed by atoms with Crippen LogP contribution in [0.2, 0.25) is 0 Å². The van der Waals surface area contributed by atoms with Gasteiger partial charge in [-0.05, 0) is 61.6 Å². The second-order valence-corrected chi connectivity index (χ2v) is 8.32. The van der Waals surface area contributed by atoms with Crippen LogP contribution >= 0.6 is 11.3 Å². The summed E-state index contributed by atoms with van der Waals surface area (Å²) in [6, 6.07) is 10.6. The van der Waals surface area contributed by atoms with Crippen molar-refractivity contribution in [1.29, 1.82) is 0 Å². The molecule has 6 nitrogen and oxygen atoms in total. The molecule has 1 aliphatic carbocycles. The van der Waals surface area contributed by atoms with Crippen molar-refractivity contribution in [2.45, 2.75) is 38.2 Å². The first-order valence-electron chi connectivity index (χ1n) is 10.3. The third-order valence-electron chi connectivity index (χ3n) is 5.37. The molecule has 1 saturated carbocycles. The maximum atomic E-state index is 13.2. The Bertz CT molecular complexity index is 1060. The number of carbonyl (C=O) groups is 2. The molecule has 0 bridgehead atoms. The summed E-state index contributed by atoms with van der Waals surface area (Å²) < 4.78 is 11.0. The van der Waals surface area contributed by atoms with Crippen molar-refractivity contribution in [3.63, 3.8) is 0 Å². The van der Waals surface area contributed by atoms with Gasteiger partial charge in [-0.25, -0.2) is 4.79 Å². The van der Waals surface area contributed by atoms with E-state index in [1.54, 1.807) is 43.8 Å². The van der Waals surface area contributed by atoms with Gasteiger partial charge in [-0.3, -0.25) is 9.78 Å². The summed E-state index contributed by atoms with van der Waals surface area (Å²) in [7, 11) is 1.55. The molecule has 1 aromatic carbocycles. The Labute approximate surface area is 185 Å².